The number of nitrogens with one attached hydrogen (secondary N) is 1. The van der Waals surface area contributed by atoms with Gasteiger partial charge in [-0.15, -0.1) is 11.6 Å². The molecule has 2 heteroatoms. The largest absolute Gasteiger partial charge is 0.310 e. The molecule has 1 nitrogen and oxygen atoms in total. The molecule has 0 aromatic heterocycles. The van der Waals surface area contributed by atoms with E-state index < -0.39 is 0 Å². The topological polar surface area (TPSA) is 12.0 Å². The SMILES string of the molecule is CC1NC(CC2CCCC2)CC1Cl. The van der Waals surface area contributed by atoms with E-state index in [-0.39, 0.29) is 0 Å². The lowest BCUT2D eigenvalue weighted by Gasteiger charge is -2.15. The molecule has 1 heterocycles. The third-order valence-electron chi connectivity index (χ3n) is 3.64. The summed E-state index contributed by atoms with van der Waals surface area (Å²) in [6, 6.07) is 1.23. The van der Waals surface area contributed by atoms with E-state index in [1.54, 1.807) is 0 Å². The van der Waals surface area contributed by atoms with Gasteiger partial charge in [-0.3, -0.25) is 0 Å². The van der Waals surface area contributed by atoms with Gasteiger partial charge >= 0.3 is 0 Å². The summed E-state index contributed by atoms with van der Waals surface area (Å²) in [7, 11) is 0. The maximum atomic E-state index is 6.18. The molecule has 0 radical (unpaired) electrons. The average molecular weight is 202 g/mol. The fraction of sp³-hybridized carbons (Fsp3) is 1.00. The van der Waals surface area contributed by atoms with Crippen LogP contribution in [0.15, 0.2) is 0 Å². The zero-order valence-electron chi connectivity index (χ0n) is 8.43. The van der Waals surface area contributed by atoms with Gasteiger partial charge in [-0.1, -0.05) is 25.7 Å². The Morgan fingerprint density at radius 1 is 1.31 bits per heavy atom. The van der Waals surface area contributed by atoms with Gasteiger partial charge in [0.1, 0.15) is 0 Å². The van der Waals surface area contributed by atoms with Gasteiger partial charge in [0.05, 0.1) is 5.38 Å². The lowest BCUT2D eigenvalue weighted by atomic mass is 9.97. The molecule has 0 amide bonds. The first-order valence-corrected chi connectivity index (χ1v) is 6.09. The van der Waals surface area contributed by atoms with Crippen LogP contribution in [0.2, 0.25) is 0 Å². The molecule has 1 aliphatic heterocycles. The highest BCUT2D eigenvalue weighted by atomic mass is 35.5. The fourth-order valence-corrected chi connectivity index (χ4v) is 3.12. The summed E-state index contributed by atoms with van der Waals surface area (Å²) in [4.78, 5) is 0. The van der Waals surface area contributed by atoms with E-state index in [1.165, 1.54) is 38.5 Å². The fourth-order valence-electron chi connectivity index (χ4n) is 2.83. The minimum atomic E-state index is 0.367. The maximum Gasteiger partial charge on any atom is 0.0501 e. The van der Waals surface area contributed by atoms with Crippen molar-refractivity contribution in [3.05, 3.63) is 0 Å². The minimum absolute atomic E-state index is 0.367. The Kier molecular flexibility index (Phi) is 3.15. The molecule has 0 aromatic carbocycles. The third kappa shape index (κ3) is 2.38. The highest BCUT2D eigenvalue weighted by molar-refractivity contribution is 6.21. The number of hydrogen-bond acceptors (Lipinski definition) is 1. The first kappa shape index (κ1) is 9.79. The molecule has 3 unspecified atom stereocenters. The van der Waals surface area contributed by atoms with Crippen molar-refractivity contribution in [2.24, 2.45) is 5.92 Å². The summed E-state index contributed by atoms with van der Waals surface area (Å²) in [6.07, 6.45) is 8.38. The minimum Gasteiger partial charge on any atom is -0.310 e. The Morgan fingerprint density at radius 2 is 2.00 bits per heavy atom. The second-order valence-corrected chi connectivity index (χ2v) is 5.35. The zero-order chi connectivity index (χ0) is 9.26. The second kappa shape index (κ2) is 4.18. The van der Waals surface area contributed by atoms with Crippen LogP contribution in [0.1, 0.15) is 45.4 Å². The van der Waals surface area contributed by atoms with Crippen LogP contribution >= 0.6 is 11.6 Å². The molecule has 3 atom stereocenters. The molecule has 1 aliphatic carbocycles. The van der Waals surface area contributed by atoms with Crippen molar-refractivity contribution in [3.63, 3.8) is 0 Å². The van der Waals surface area contributed by atoms with Crippen molar-refractivity contribution in [2.75, 3.05) is 0 Å². The van der Waals surface area contributed by atoms with E-state index in [4.69, 9.17) is 11.6 Å². The molecule has 0 spiro atoms. The molecule has 1 N–H and O–H groups in total. The monoisotopic (exact) mass is 201 g/mol. The van der Waals surface area contributed by atoms with E-state index in [9.17, 15) is 0 Å². The van der Waals surface area contributed by atoms with E-state index in [0.717, 1.165) is 5.92 Å². The van der Waals surface area contributed by atoms with Crippen LogP contribution in [0.5, 0.6) is 0 Å². The van der Waals surface area contributed by atoms with Crippen LogP contribution in [-0.4, -0.2) is 17.5 Å². The Hall–Kier alpha value is 0.250. The molecule has 2 fully saturated rings. The Balaban J connectivity index is 1.76. The summed E-state index contributed by atoms with van der Waals surface area (Å²) in [5, 5.41) is 3.97. The lowest BCUT2D eigenvalue weighted by molar-refractivity contribution is 0.410. The molecule has 13 heavy (non-hydrogen) atoms. The first-order chi connectivity index (χ1) is 6.25. The summed E-state index contributed by atoms with van der Waals surface area (Å²) in [5.74, 6) is 0.992. The molecule has 1 saturated carbocycles. The predicted molar refractivity (Wildman–Crippen MR) is 57.2 cm³/mol. The van der Waals surface area contributed by atoms with Crippen molar-refractivity contribution in [2.45, 2.75) is 62.9 Å². The van der Waals surface area contributed by atoms with E-state index in [2.05, 4.69) is 12.2 Å². The quantitative estimate of drug-likeness (QED) is 0.678. The number of alkyl halides is 1. The van der Waals surface area contributed by atoms with Gasteiger partial charge in [0.15, 0.2) is 0 Å². The lowest BCUT2D eigenvalue weighted by Crippen LogP contribution is -2.30. The Labute approximate surface area is 86.2 Å². The Bertz CT molecular complexity index is 155. The summed E-state index contributed by atoms with van der Waals surface area (Å²) in [6.45, 7) is 2.20. The van der Waals surface area contributed by atoms with Crippen LogP contribution in [0, 0.1) is 5.92 Å². The van der Waals surface area contributed by atoms with Gasteiger partial charge in [0.25, 0.3) is 0 Å². The van der Waals surface area contributed by atoms with Crippen LogP contribution in [0.4, 0.5) is 0 Å². The molecule has 2 rings (SSSR count). The van der Waals surface area contributed by atoms with Gasteiger partial charge < -0.3 is 5.32 Å². The summed E-state index contributed by atoms with van der Waals surface area (Å²) >= 11 is 6.18. The van der Waals surface area contributed by atoms with Crippen molar-refractivity contribution in [3.8, 4) is 0 Å². The molecule has 0 aromatic rings. The van der Waals surface area contributed by atoms with Crippen LogP contribution in [0.3, 0.4) is 0 Å². The predicted octanol–water partition coefficient (Wildman–Crippen LogP) is 2.92. The molecule has 0 bridgehead atoms. The third-order valence-corrected chi connectivity index (χ3v) is 4.20. The first-order valence-electron chi connectivity index (χ1n) is 5.66. The van der Waals surface area contributed by atoms with Gasteiger partial charge in [-0.2, -0.15) is 0 Å². The van der Waals surface area contributed by atoms with Crippen LogP contribution < -0.4 is 5.32 Å². The molecule has 1 saturated heterocycles. The number of hydrogen-bond donors (Lipinski definition) is 1. The van der Waals surface area contributed by atoms with E-state index in [0.29, 0.717) is 17.5 Å². The number of halogens is 1. The van der Waals surface area contributed by atoms with Crippen LogP contribution in [-0.2, 0) is 0 Å². The molecule has 2 aliphatic rings. The highest BCUT2D eigenvalue weighted by Crippen LogP contribution is 2.32. The second-order valence-electron chi connectivity index (χ2n) is 4.79. The van der Waals surface area contributed by atoms with Crippen LogP contribution in [0.25, 0.3) is 0 Å². The van der Waals surface area contributed by atoms with Gasteiger partial charge in [0.2, 0.25) is 0 Å². The molecular formula is C11H20ClN. The van der Waals surface area contributed by atoms with Gasteiger partial charge in [-0.05, 0) is 25.7 Å². The molecular weight excluding hydrogens is 182 g/mol. The van der Waals surface area contributed by atoms with Gasteiger partial charge in [0, 0.05) is 12.1 Å². The highest BCUT2D eigenvalue weighted by Gasteiger charge is 2.31. The van der Waals surface area contributed by atoms with E-state index >= 15 is 0 Å². The smallest absolute Gasteiger partial charge is 0.0501 e. The maximum absolute atomic E-state index is 6.18. The van der Waals surface area contributed by atoms with Crippen molar-refractivity contribution < 1.29 is 0 Å². The molecule has 76 valence electrons. The van der Waals surface area contributed by atoms with Crippen molar-refractivity contribution in [1.82, 2.24) is 5.32 Å². The summed E-state index contributed by atoms with van der Waals surface area (Å²) < 4.78 is 0. The average Bonchev–Trinajstić information content (AvgIpc) is 2.64. The standard InChI is InChI=1S/C11H20ClN/c1-8-11(12)7-10(13-8)6-9-4-2-3-5-9/h8-11,13H,2-7H2,1H3. The Morgan fingerprint density at radius 3 is 2.54 bits per heavy atom. The summed E-state index contributed by atoms with van der Waals surface area (Å²) in [5.41, 5.74) is 0. The van der Waals surface area contributed by atoms with Gasteiger partial charge in [-0.25, -0.2) is 0 Å². The van der Waals surface area contributed by atoms with Crippen molar-refractivity contribution >= 4 is 11.6 Å². The zero-order valence-corrected chi connectivity index (χ0v) is 9.19. The number of rotatable bonds is 2. The van der Waals surface area contributed by atoms with E-state index in [1.807, 2.05) is 0 Å². The van der Waals surface area contributed by atoms with Crippen molar-refractivity contribution in [1.29, 1.82) is 0 Å². The normalized spacial score (nSPS) is 41.5.